The van der Waals surface area contributed by atoms with Gasteiger partial charge in [-0.1, -0.05) is 48.5 Å². The molecule has 7 nitrogen and oxygen atoms in total. The number of H-pyrrole nitrogens is 1. The Balaban J connectivity index is 1.03. The number of benzene rings is 4. The molecule has 1 aromatic heterocycles. The van der Waals surface area contributed by atoms with E-state index >= 15 is 0 Å². The van der Waals surface area contributed by atoms with Gasteiger partial charge in [0.05, 0.1) is 5.75 Å². The molecule has 2 heterocycles. The van der Waals surface area contributed by atoms with Crippen molar-refractivity contribution in [2.75, 3.05) is 42.1 Å². The quantitative estimate of drug-likeness (QED) is 0.192. The Kier molecular flexibility index (Phi) is 8.18. The molecular formula is C33H31FN5O2S+. The fourth-order valence-electron chi connectivity index (χ4n) is 5.20. The molecule has 1 aliphatic heterocycles. The van der Waals surface area contributed by atoms with Crippen LogP contribution in [0, 0.1) is 5.82 Å². The fraction of sp³-hybridized carbons (Fsp3) is 0.182. The minimum absolute atomic E-state index is 0.0813. The Hall–Kier alpha value is -4.63. The molecule has 4 aromatic carbocycles. The van der Waals surface area contributed by atoms with Gasteiger partial charge in [0.2, 0.25) is 5.91 Å². The first-order valence-corrected chi connectivity index (χ1v) is 14.9. The van der Waals surface area contributed by atoms with E-state index in [2.05, 4.69) is 38.0 Å². The Morgan fingerprint density at radius 2 is 1.60 bits per heavy atom. The van der Waals surface area contributed by atoms with Crippen molar-refractivity contribution in [2.24, 2.45) is 0 Å². The first kappa shape index (κ1) is 27.5. The number of aromatic amines is 1. The number of rotatable bonds is 8. The highest BCUT2D eigenvalue weighted by Crippen LogP contribution is 2.22. The largest absolute Gasteiger partial charge is 0.368 e. The zero-order valence-electron chi connectivity index (χ0n) is 23.0. The van der Waals surface area contributed by atoms with Gasteiger partial charge in [0.25, 0.3) is 5.91 Å². The number of para-hydroxylation sites is 2. The maximum atomic E-state index is 13.5. The van der Waals surface area contributed by atoms with E-state index in [4.69, 9.17) is 0 Å². The average molecular weight is 581 g/mol. The number of aromatic nitrogens is 2. The van der Waals surface area contributed by atoms with Crippen molar-refractivity contribution in [3.63, 3.8) is 0 Å². The van der Waals surface area contributed by atoms with Gasteiger partial charge < -0.3 is 15.1 Å². The number of carbonyl (C=O) groups is 2. The number of hydrogen-bond donors (Lipinski definition) is 2. The SMILES string of the molecule is O=C(CSc1[nH]c2ccccc2[n+]1Cc1ccccc1)Nc1ccc(N2CCN(C(=O)c3cccc(F)c3)CC2)cc1. The third kappa shape index (κ3) is 6.31. The van der Waals surface area contributed by atoms with Crippen molar-refractivity contribution in [3.8, 4) is 0 Å². The summed E-state index contributed by atoms with van der Waals surface area (Å²) in [7, 11) is 0. The minimum Gasteiger partial charge on any atom is -0.368 e. The normalized spacial score (nSPS) is 13.4. The highest BCUT2D eigenvalue weighted by atomic mass is 32.2. The molecule has 2 amide bonds. The van der Waals surface area contributed by atoms with Crippen LogP contribution in [0.4, 0.5) is 15.8 Å². The lowest BCUT2D eigenvalue weighted by Gasteiger charge is -2.36. The van der Waals surface area contributed by atoms with Crippen molar-refractivity contribution in [2.45, 2.75) is 11.7 Å². The predicted octanol–water partition coefficient (Wildman–Crippen LogP) is 5.34. The van der Waals surface area contributed by atoms with E-state index < -0.39 is 5.82 Å². The number of anilines is 2. The van der Waals surface area contributed by atoms with Gasteiger partial charge in [-0.3, -0.25) is 9.59 Å². The molecule has 42 heavy (non-hydrogen) atoms. The summed E-state index contributed by atoms with van der Waals surface area (Å²) in [5, 5.41) is 3.94. The van der Waals surface area contributed by atoms with Crippen molar-refractivity contribution < 1.29 is 18.5 Å². The molecule has 0 unspecified atom stereocenters. The predicted molar refractivity (Wildman–Crippen MR) is 164 cm³/mol. The number of piperazine rings is 1. The van der Waals surface area contributed by atoms with Gasteiger partial charge in [-0.05, 0) is 71.9 Å². The highest BCUT2D eigenvalue weighted by molar-refractivity contribution is 7.99. The van der Waals surface area contributed by atoms with Crippen molar-refractivity contribution in [1.29, 1.82) is 0 Å². The monoisotopic (exact) mass is 580 g/mol. The molecule has 212 valence electrons. The molecule has 1 aliphatic rings. The molecule has 2 N–H and O–H groups in total. The van der Waals surface area contributed by atoms with E-state index in [1.165, 1.54) is 29.5 Å². The first-order chi connectivity index (χ1) is 20.5. The lowest BCUT2D eigenvalue weighted by molar-refractivity contribution is -0.700. The molecule has 5 aromatic rings. The maximum absolute atomic E-state index is 13.5. The van der Waals surface area contributed by atoms with Gasteiger partial charge in [-0.2, -0.15) is 0 Å². The van der Waals surface area contributed by atoms with Crippen molar-refractivity contribution >= 4 is 46.0 Å². The summed E-state index contributed by atoms with van der Waals surface area (Å²) in [4.78, 5) is 33.0. The van der Waals surface area contributed by atoms with Crippen LogP contribution < -0.4 is 14.8 Å². The number of nitrogens with zero attached hydrogens (tertiary/aromatic N) is 3. The summed E-state index contributed by atoms with van der Waals surface area (Å²) >= 11 is 1.48. The fourth-order valence-corrected chi connectivity index (χ4v) is 6.04. The smallest absolute Gasteiger partial charge is 0.317 e. The number of carbonyl (C=O) groups excluding carboxylic acids is 2. The van der Waals surface area contributed by atoms with Crippen LogP contribution in [-0.4, -0.2) is 53.6 Å². The second-order valence-electron chi connectivity index (χ2n) is 10.2. The number of amides is 2. The number of hydrogen-bond acceptors (Lipinski definition) is 4. The van der Waals surface area contributed by atoms with E-state index in [-0.39, 0.29) is 17.6 Å². The van der Waals surface area contributed by atoms with E-state index in [0.29, 0.717) is 38.3 Å². The summed E-state index contributed by atoms with van der Waals surface area (Å²) < 4.78 is 15.7. The number of fused-ring (bicyclic) bond motifs is 1. The minimum atomic E-state index is -0.408. The Morgan fingerprint density at radius 3 is 2.36 bits per heavy atom. The molecule has 0 radical (unpaired) electrons. The Labute approximate surface area is 248 Å². The van der Waals surface area contributed by atoms with Crippen LogP contribution in [0.3, 0.4) is 0 Å². The number of thioether (sulfide) groups is 1. The standard InChI is InChI=1S/C33H30FN5O2S/c34-26-10-6-9-25(21-26)32(41)38-19-17-37(18-20-38)28-15-13-27(14-16-28)35-31(40)23-42-33-36-29-11-4-5-12-30(29)39(33)22-24-7-2-1-3-8-24/h1-16,21H,17-20,22-23H2,(H,35,40)/p+1. The van der Waals surface area contributed by atoms with E-state index in [1.807, 2.05) is 60.7 Å². The van der Waals surface area contributed by atoms with Crippen molar-refractivity contribution in [3.05, 3.63) is 120 Å². The van der Waals surface area contributed by atoms with Gasteiger partial charge >= 0.3 is 5.16 Å². The molecule has 0 bridgehead atoms. The van der Waals surface area contributed by atoms with Gasteiger partial charge in [0.15, 0.2) is 11.0 Å². The topological polar surface area (TPSA) is 72.3 Å². The Morgan fingerprint density at radius 1 is 0.857 bits per heavy atom. The number of nitrogens with one attached hydrogen (secondary N) is 2. The highest BCUT2D eigenvalue weighted by Gasteiger charge is 2.23. The van der Waals surface area contributed by atoms with Crippen LogP contribution >= 0.6 is 11.8 Å². The Bertz CT molecular complexity index is 1700. The van der Waals surface area contributed by atoms with E-state index in [9.17, 15) is 14.0 Å². The molecule has 6 rings (SSSR count). The molecular weight excluding hydrogens is 549 g/mol. The summed E-state index contributed by atoms with van der Waals surface area (Å²) in [6.45, 7) is 3.18. The molecule has 9 heteroatoms. The van der Waals surface area contributed by atoms with Crippen LogP contribution in [0.2, 0.25) is 0 Å². The van der Waals surface area contributed by atoms with Crippen LogP contribution in [0.15, 0.2) is 108 Å². The molecule has 0 atom stereocenters. The molecule has 0 aliphatic carbocycles. The third-order valence-electron chi connectivity index (χ3n) is 7.36. The van der Waals surface area contributed by atoms with Crippen LogP contribution in [0.5, 0.6) is 0 Å². The average Bonchev–Trinajstić information content (AvgIpc) is 3.37. The van der Waals surface area contributed by atoms with E-state index in [1.54, 1.807) is 17.0 Å². The third-order valence-corrected chi connectivity index (χ3v) is 8.36. The number of halogens is 1. The van der Waals surface area contributed by atoms with Crippen molar-refractivity contribution in [1.82, 2.24) is 9.88 Å². The second kappa shape index (κ2) is 12.5. The summed E-state index contributed by atoms with van der Waals surface area (Å²) in [5.74, 6) is -0.370. The number of imidazole rings is 1. The maximum Gasteiger partial charge on any atom is 0.317 e. The molecule has 1 fully saturated rings. The van der Waals surface area contributed by atoms with Gasteiger partial charge in [0, 0.05) is 43.1 Å². The molecule has 1 saturated heterocycles. The summed E-state index contributed by atoms with van der Waals surface area (Å²) in [5.41, 5.74) is 5.46. The van der Waals surface area contributed by atoms with Crippen LogP contribution in [0.1, 0.15) is 15.9 Å². The zero-order valence-corrected chi connectivity index (χ0v) is 23.8. The summed E-state index contributed by atoms with van der Waals surface area (Å²) in [6.07, 6.45) is 0. The van der Waals surface area contributed by atoms with Crippen LogP contribution in [-0.2, 0) is 11.3 Å². The molecule has 0 spiro atoms. The second-order valence-corrected chi connectivity index (χ2v) is 11.2. The van der Waals surface area contributed by atoms with E-state index in [0.717, 1.165) is 27.6 Å². The lowest BCUT2D eigenvalue weighted by atomic mass is 10.1. The van der Waals surface area contributed by atoms with Gasteiger partial charge in [-0.15, -0.1) is 0 Å². The van der Waals surface area contributed by atoms with Gasteiger partial charge in [0.1, 0.15) is 12.4 Å². The van der Waals surface area contributed by atoms with Crippen LogP contribution in [0.25, 0.3) is 11.0 Å². The molecule has 0 saturated carbocycles. The lowest BCUT2D eigenvalue weighted by Crippen LogP contribution is -2.48. The van der Waals surface area contributed by atoms with Gasteiger partial charge in [-0.25, -0.2) is 13.9 Å². The zero-order chi connectivity index (χ0) is 28.9. The summed E-state index contributed by atoms with van der Waals surface area (Å²) in [6, 6.07) is 32.0. The first-order valence-electron chi connectivity index (χ1n) is 13.9.